The summed E-state index contributed by atoms with van der Waals surface area (Å²) in [5.74, 6) is -0.643. The van der Waals surface area contributed by atoms with Crippen molar-refractivity contribution in [3.8, 4) is 5.75 Å². The van der Waals surface area contributed by atoms with Crippen molar-refractivity contribution in [2.75, 3.05) is 7.11 Å². The van der Waals surface area contributed by atoms with Crippen LogP contribution in [0, 0.1) is 0 Å². The monoisotopic (exact) mass is 532 g/mol. The Hall–Kier alpha value is -2.82. The average molecular weight is 533 g/mol. The molecule has 3 aromatic rings. The van der Waals surface area contributed by atoms with Gasteiger partial charge >= 0.3 is 11.9 Å². The van der Waals surface area contributed by atoms with Crippen LogP contribution in [-0.2, 0) is 14.3 Å². The molecule has 32 heavy (non-hydrogen) atoms. The standard InChI is InChI=1S/C22H17BrN2O5S2/c1-11-18(21(28)29-3)19(16-5-4-8-31-16)25-20(27)17(32-22(25)24-11)10-13-9-14(23)6-7-15(13)30-12(2)26/h4-10,19H,1-3H3/b17-10-. The van der Waals surface area contributed by atoms with Crippen LogP contribution in [-0.4, -0.2) is 23.6 Å². The molecule has 1 aromatic carbocycles. The highest BCUT2D eigenvalue weighted by Crippen LogP contribution is 2.33. The SMILES string of the molecule is COC(=O)C1=C(C)N=c2s/c(=C\c3cc(Br)ccc3OC(C)=O)c(=O)n2C1c1cccs1. The van der Waals surface area contributed by atoms with Crippen LogP contribution < -0.4 is 19.6 Å². The molecule has 3 heterocycles. The van der Waals surface area contributed by atoms with E-state index in [0.29, 0.717) is 31.9 Å². The van der Waals surface area contributed by atoms with Crippen molar-refractivity contribution >= 4 is 56.6 Å². The number of carbonyl (C=O) groups is 2. The summed E-state index contributed by atoms with van der Waals surface area (Å²) in [4.78, 5) is 43.4. The number of thiophene rings is 1. The molecule has 0 N–H and O–H groups in total. The summed E-state index contributed by atoms with van der Waals surface area (Å²) < 4.78 is 13.0. The van der Waals surface area contributed by atoms with Crippen molar-refractivity contribution in [3.05, 3.63) is 81.6 Å². The predicted octanol–water partition coefficient (Wildman–Crippen LogP) is 3.16. The van der Waals surface area contributed by atoms with Crippen LogP contribution in [0.3, 0.4) is 0 Å². The molecule has 1 aliphatic heterocycles. The van der Waals surface area contributed by atoms with Gasteiger partial charge in [-0.05, 0) is 42.6 Å². The number of methoxy groups -OCH3 is 1. The zero-order valence-electron chi connectivity index (χ0n) is 17.2. The van der Waals surface area contributed by atoms with Gasteiger partial charge in [0.15, 0.2) is 4.80 Å². The fourth-order valence-electron chi connectivity index (χ4n) is 3.43. The number of fused-ring (bicyclic) bond motifs is 1. The van der Waals surface area contributed by atoms with Crippen LogP contribution in [0.5, 0.6) is 5.75 Å². The Morgan fingerprint density at radius 2 is 2.06 bits per heavy atom. The maximum absolute atomic E-state index is 13.5. The van der Waals surface area contributed by atoms with E-state index in [4.69, 9.17) is 9.47 Å². The molecular weight excluding hydrogens is 516 g/mol. The number of rotatable bonds is 4. The summed E-state index contributed by atoms with van der Waals surface area (Å²) in [5.41, 5.74) is 1.11. The van der Waals surface area contributed by atoms with Gasteiger partial charge in [0.05, 0.1) is 22.9 Å². The van der Waals surface area contributed by atoms with Crippen molar-refractivity contribution in [1.82, 2.24) is 4.57 Å². The number of thiazole rings is 1. The molecule has 0 saturated carbocycles. The minimum Gasteiger partial charge on any atom is -0.466 e. The Labute approximate surface area is 199 Å². The molecule has 2 aromatic heterocycles. The highest BCUT2D eigenvalue weighted by atomic mass is 79.9. The third kappa shape index (κ3) is 4.13. The van der Waals surface area contributed by atoms with Crippen LogP contribution in [0.4, 0.5) is 0 Å². The van der Waals surface area contributed by atoms with E-state index in [1.165, 1.54) is 41.3 Å². The molecule has 0 spiro atoms. The molecule has 4 rings (SSSR count). The second-order valence-corrected chi connectivity index (χ2v) is 9.77. The van der Waals surface area contributed by atoms with E-state index < -0.39 is 18.0 Å². The molecule has 1 unspecified atom stereocenters. The summed E-state index contributed by atoms with van der Waals surface area (Å²) in [5, 5.41) is 1.89. The number of nitrogens with zero attached hydrogens (tertiary/aromatic N) is 2. The minimum absolute atomic E-state index is 0.296. The normalized spacial score (nSPS) is 15.9. The van der Waals surface area contributed by atoms with E-state index in [1.807, 2.05) is 17.5 Å². The third-order valence-electron chi connectivity index (χ3n) is 4.75. The molecule has 0 fully saturated rings. The van der Waals surface area contributed by atoms with Gasteiger partial charge in [0.25, 0.3) is 5.56 Å². The van der Waals surface area contributed by atoms with Crippen molar-refractivity contribution in [2.45, 2.75) is 19.9 Å². The van der Waals surface area contributed by atoms with Crippen LogP contribution in [0.15, 0.2) is 61.2 Å². The molecule has 164 valence electrons. The lowest BCUT2D eigenvalue weighted by Gasteiger charge is -2.22. The lowest BCUT2D eigenvalue weighted by atomic mass is 10.0. The molecule has 0 saturated heterocycles. The Kier molecular flexibility index (Phi) is 6.27. The summed E-state index contributed by atoms with van der Waals surface area (Å²) in [7, 11) is 1.31. The number of aromatic nitrogens is 1. The topological polar surface area (TPSA) is 87.0 Å². The maximum Gasteiger partial charge on any atom is 0.338 e. The van der Waals surface area contributed by atoms with Gasteiger partial charge in [-0.25, -0.2) is 9.79 Å². The van der Waals surface area contributed by atoms with Crippen molar-refractivity contribution < 1.29 is 19.1 Å². The van der Waals surface area contributed by atoms with Gasteiger partial charge in [0, 0.05) is 21.8 Å². The van der Waals surface area contributed by atoms with Crippen molar-refractivity contribution in [2.24, 2.45) is 4.99 Å². The van der Waals surface area contributed by atoms with E-state index in [0.717, 1.165) is 9.35 Å². The van der Waals surface area contributed by atoms with Gasteiger partial charge in [0.2, 0.25) is 0 Å². The largest absolute Gasteiger partial charge is 0.466 e. The van der Waals surface area contributed by atoms with Crippen LogP contribution >= 0.6 is 38.6 Å². The first-order valence-corrected chi connectivity index (χ1v) is 11.9. The van der Waals surface area contributed by atoms with E-state index in [2.05, 4.69) is 20.9 Å². The molecule has 1 atom stereocenters. The number of halogens is 1. The molecular formula is C22H17BrN2O5S2. The van der Waals surface area contributed by atoms with Crippen molar-refractivity contribution in [1.29, 1.82) is 0 Å². The van der Waals surface area contributed by atoms with E-state index in [1.54, 1.807) is 31.2 Å². The first-order valence-electron chi connectivity index (χ1n) is 9.42. The fourth-order valence-corrected chi connectivity index (χ4v) is 5.67. The summed E-state index contributed by atoms with van der Waals surface area (Å²) >= 11 is 6.07. The Bertz CT molecular complexity index is 1430. The second-order valence-electron chi connectivity index (χ2n) is 6.86. The lowest BCUT2D eigenvalue weighted by Crippen LogP contribution is -2.39. The quantitative estimate of drug-likeness (QED) is 0.380. The van der Waals surface area contributed by atoms with Crippen molar-refractivity contribution in [3.63, 3.8) is 0 Å². The first-order chi connectivity index (χ1) is 15.3. The predicted molar refractivity (Wildman–Crippen MR) is 126 cm³/mol. The van der Waals surface area contributed by atoms with Crippen LogP contribution in [0.2, 0.25) is 0 Å². The molecule has 0 bridgehead atoms. The number of esters is 2. The van der Waals surface area contributed by atoms with Gasteiger partial charge in [-0.15, -0.1) is 11.3 Å². The molecule has 10 heteroatoms. The van der Waals surface area contributed by atoms with Gasteiger partial charge in [-0.3, -0.25) is 14.2 Å². The minimum atomic E-state index is -0.628. The fraction of sp³-hybridized carbons (Fsp3) is 0.182. The average Bonchev–Trinajstić information content (AvgIpc) is 3.37. The number of hydrogen-bond donors (Lipinski definition) is 0. The van der Waals surface area contributed by atoms with Crippen LogP contribution in [0.1, 0.15) is 30.3 Å². The van der Waals surface area contributed by atoms with Gasteiger partial charge in [-0.1, -0.05) is 33.3 Å². The zero-order valence-corrected chi connectivity index (χ0v) is 20.5. The summed E-state index contributed by atoms with van der Waals surface area (Å²) in [6.45, 7) is 3.05. The number of hydrogen-bond acceptors (Lipinski definition) is 8. The zero-order chi connectivity index (χ0) is 23.0. The summed E-state index contributed by atoms with van der Waals surface area (Å²) in [6, 6.07) is 8.28. The van der Waals surface area contributed by atoms with E-state index in [9.17, 15) is 14.4 Å². The smallest absolute Gasteiger partial charge is 0.338 e. The highest BCUT2D eigenvalue weighted by Gasteiger charge is 2.33. The molecule has 0 aliphatic carbocycles. The Balaban J connectivity index is 1.96. The van der Waals surface area contributed by atoms with E-state index >= 15 is 0 Å². The van der Waals surface area contributed by atoms with Crippen LogP contribution in [0.25, 0.3) is 6.08 Å². The summed E-state index contributed by atoms with van der Waals surface area (Å²) in [6.07, 6.45) is 1.66. The highest BCUT2D eigenvalue weighted by molar-refractivity contribution is 9.10. The van der Waals surface area contributed by atoms with Gasteiger partial charge in [0.1, 0.15) is 11.8 Å². The number of carbonyl (C=O) groups excluding carboxylic acids is 2. The molecule has 7 nitrogen and oxygen atoms in total. The third-order valence-corrected chi connectivity index (χ3v) is 7.15. The van der Waals surface area contributed by atoms with Gasteiger partial charge < -0.3 is 9.47 Å². The lowest BCUT2D eigenvalue weighted by molar-refractivity contribution is -0.136. The number of benzene rings is 1. The molecule has 0 amide bonds. The Morgan fingerprint density at radius 1 is 1.28 bits per heavy atom. The van der Waals surface area contributed by atoms with Gasteiger partial charge in [-0.2, -0.15) is 0 Å². The number of ether oxygens (including phenoxy) is 2. The molecule has 0 radical (unpaired) electrons. The maximum atomic E-state index is 13.5. The first kappa shape index (κ1) is 22.4. The molecule has 1 aliphatic rings. The Morgan fingerprint density at radius 3 is 2.72 bits per heavy atom. The second kappa shape index (κ2) is 8.97. The number of allylic oxidation sites excluding steroid dienone is 1. The van der Waals surface area contributed by atoms with E-state index in [-0.39, 0.29) is 5.56 Å².